The molecule has 1 aromatic rings. The van der Waals surface area contributed by atoms with Crippen LogP contribution in [0.2, 0.25) is 0 Å². The summed E-state index contributed by atoms with van der Waals surface area (Å²) >= 11 is 0. The maximum atomic E-state index is 12.8. The largest absolute Gasteiger partial charge is 0.416 e. The van der Waals surface area contributed by atoms with Crippen molar-refractivity contribution in [3.05, 3.63) is 35.4 Å². The number of hydrogen-bond acceptors (Lipinski definition) is 2. The molecule has 1 unspecified atom stereocenters. The summed E-state index contributed by atoms with van der Waals surface area (Å²) in [6.45, 7) is 5.40. The third kappa shape index (κ3) is 3.12. The van der Waals surface area contributed by atoms with Gasteiger partial charge in [-0.1, -0.05) is 19.1 Å². The van der Waals surface area contributed by atoms with Crippen molar-refractivity contribution < 1.29 is 18.0 Å². The summed E-state index contributed by atoms with van der Waals surface area (Å²) in [6.07, 6.45) is -1.77. The van der Waals surface area contributed by atoms with Crippen LogP contribution >= 0.6 is 0 Å². The third-order valence-corrected chi connectivity index (χ3v) is 4.43. The zero-order valence-electron chi connectivity index (χ0n) is 12.3. The molecule has 0 N–H and O–H groups in total. The van der Waals surface area contributed by atoms with Crippen molar-refractivity contribution in [2.75, 3.05) is 13.1 Å². The molecule has 0 amide bonds. The van der Waals surface area contributed by atoms with Crippen LogP contribution in [0.5, 0.6) is 0 Å². The molecular formula is C16H20F3NO. The predicted octanol–water partition coefficient (Wildman–Crippen LogP) is 4.15. The summed E-state index contributed by atoms with van der Waals surface area (Å²) in [5.41, 5.74) is -1.35. The Hall–Kier alpha value is -1.36. The number of likely N-dealkylation sites (tertiary alicyclic amines) is 1. The van der Waals surface area contributed by atoms with Crippen molar-refractivity contribution in [2.24, 2.45) is 0 Å². The van der Waals surface area contributed by atoms with Crippen LogP contribution < -0.4 is 0 Å². The van der Waals surface area contributed by atoms with Crippen LogP contribution in [0, 0.1) is 0 Å². The van der Waals surface area contributed by atoms with E-state index in [1.807, 2.05) is 13.8 Å². The first-order valence-electron chi connectivity index (χ1n) is 7.26. The number of ketones is 1. The van der Waals surface area contributed by atoms with E-state index in [-0.39, 0.29) is 11.3 Å². The van der Waals surface area contributed by atoms with Crippen LogP contribution in [0.3, 0.4) is 0 Å². The van der Waals surface area contributed by atoms with Gasteiger partial charge in [0.15, 0.2) is 5.78 Å². The van der Waals surface area contributed by atoms with Gasteiger partial charge in [0, 0.05) is 5.56 Å². The molecule has 2 rings (SSSR count). The standard InChI is InChI=1S/C16H20F3NO/c1-3-15(2,20-9-4-5-10-20)14(21)12-7-6-8-13(11-12)16(17,18)19/h6-8,11H,3-5,9-10H2,1-2H3. The van der Waals surface area contributed by atoms with Gasteiger partial charge in [0.25, 0.3) is 0 Å². The van der Waals surface area contributed by atoms with Gasteiger partial charge in [-0.25, -0.2) is 0 Å². The molecule has 2 nitrogen and oxygen atoms in total. The minimum absolute atomic E-state index is 0.140. The molecule has 1 fully saturated rings. The van der Waals surface area contributed by atoms with Crippen LogP contribution in [0.25, 0.3) is 0 Å². The van der Waals surface area contributed by atoms with Gasteiger partial charge < -0.3 is 0 Å². The van der Waals surface area contributed by atoms with Crippen molar-refractivity contribution >= 4 is 5.78 Å². The Morgan fingerprint density at radius 1 is 1.24 bits per heavy atom. The molecule has 1 aliphatic rings. The molecule has 21 heavy (non-hydrogen) atoms. The number of carbonyl (C=O) groups excluding carboxylic acids is 1. The monoisotopic (exact) mass is 299 g/mol. The molecule has 5 heteroatoms. The summed E-state index contributed by atoms with van der Waals surface area (Å²) in [5.74, 6) is -0.224. The molecule has 1 saturated heterocycles. The smallest absolute Gasteiger partial charge is 0.292 e. The lowest BCUT2D eigenvalue weighted by Gasteiger charge is -2.36. The van der Waals surface area contributed by atoms with Gasteiger partial charge in [0.1, 0.15) is 0 Å². The molecule has 1 atom stereocenters. The van der Waals surface area contributed by atoms with Crippen LogP contribution in [0.1, 0.15) is 49.0 Å². The maximum absolute atomic E-state index is 12.8. The fourth-order valence-corrected chi connectivity index (χ4v) is 2.89. The number of benzene rings is 1. The molecule has 0 spiro atoms. The normalized spacial score (nSPS) is 19.5. The zero-order chi connectivity index (χ0) is 15.7. The van der Waals surface area contributed by atoms with Crippen LogP contribution in [-0.2, 0) is 6.18 Å². The van der Waals surface area contributed by atoms with E-state index in [2.05, 4.69) is 4.90 Å². The van der Waals surface area contributed by atoms with Crippen LogP contribution in [0.4, 0.5) is 13.2 Å². The van der Waals surface area contributed by atoms with Crippen LogP contribution in [0.15, 0.2) is 24.3 Å². The molecule has 1 aromatic carbocycles. The Morgan fingerprint density at radius 3 is 2.38 bits per heavy atom. The molecular weight excluding hydrogens is 279 g/mol. The molecule has 0 saturated carbocycles. The maximum Gasteiger partial charge on any atom is 0.416 e. The average Bonchev–Trinajstić information content (AvgIpc) is 2.99. The highest BCUT2D eigenvalue weighted by molar-refractivity contribution is 6.03. The topological polar surface area (TPSA) is 20.3 Å². The Morgan fingerprint density at radius 2 is 1.86 bits per heavy atom. The second-order valence-electron chi connectivity index (χ2n) is 5.73. The minimum Gasteiger partial charge on any atom is -0.292 e. The number of nitrogens with zero attached hydrogens (tertiary/aromatic N) is 1. The average molecular weight is 299 g/mol. The third-order valence-electron chi connectivity index (χ3n) is 4.43. The zero-order valence-corrected chi connectivity index (χ0v) is 12.3. The summed E-state index contributed by atoms with van der Waals surface area (Å²) in [4.78, 5) is 14.8. The fourth-order valence-electron chi connectivity index (χ4n) is 2.89. The van der Waals surface area contributed by atoms with Gasteiger partial charge in [0.2, 0.25) is 0 Å². The van der Waals surface area contributed by atoms with E-state index in [0.717, 1.165) is 38.1 Å². The summed E-state index contributed by atoms with van der Waals surface area (Å²) in [6, 6.07) is 4.74. The van der Waals surface area contributed by atoms with Gasteiger partial charge >= 0.3 is 6.18 Å². The van der Waals surface area contributed by atoms with Gasteiger partial charge in [0.05, 0.1) is 11.1 Å². The molecule has 116 valence electrons. The minimum atomic E-state index is -4.42. The highest BCUT2D eigenvalue weighted by Crippen LogP contribution is 2.32. The first-order chi connectivity index (χ1) is 9.79. The van der Waals surface area contributed by atoms with Gasteiger partial charge in [-0.3, -0.25) is 9.69 Å². The highest BCUT2D eigenvalue weighted by atomic mass is 19.4. The first-order valence-corrected chi connectivity index (χ1v) is 7.26. The second-order valence-corrected chi connectivity index (χ2v) is 5.73. The lowest BCUT2D eigenvalue weighted by atomic mass is 9.86. The Balaban J connectivity index is 2.33. The molecule has 0 aromatic heterocycles. The van der Waals surface area contributed by atoms with E-state index in [1.165, 1.54) is 12.1 Å². The van der Waals surface area contributed by atoms with Gasteiger partial charge in [-0.15, -0.1) is 0 Å². The number of alkyl halides is 3. The van der Waals surface area contributed by atoms with Crippen molar-refractivity contribution in [1.82, 2.24) is 4.90 Å². The highest BCUT2D eigenvalue weighted by Gasteiger charge is 2.40. The molecule has 0 aliphatic carbocycles. The van der Waals surface area contributed by atoms with E-state index in [0.29, 0.717) is 6.42 Å². The van der Waals surface area contributed by atoms with Crippen molar-refractivity contribution in [2.45, 2.75) is 44.8 Å². The molecule has 1 aliphatic heterocycles. The van der Waals surface area contributed by atoms with E-state index < -0.39 is 17.3 Å². The van der Waals surface area contributed by atoms with Crippen molar-refractivity contribution in [3.63, 3.8) is 0 Å². The number of Topliss-reactive ketones (excluding diaryl/α,β-unsaturated/α-hetero) is 1. The lowest BCUT2D eigenvalue weighted by Crippen LogP contribution is -2.50. The Kier molecular flexibility index (Phi) is 4.42. The number of carbonyl (C=O) groups is 1. The second kappa shape index (κ2) is 5.79. The lowest BCUT2D eigenvalue weighted by molar-refractivity contribution is -0.137. The SMILES string of the molecule is CCC(C)(C(=O)c1cccc(C(F)(F)F)c1)N1CCCC1. The quantitative estimate of drug-likeness (QED) is 0.778. The van der Waals surface area contributed by atoms with E-state index in [4.69, 9.17) is 0 Å². The van der Waals surface area contributed by atoms with E-state index in [1.54, 1.807) is 0 Å². The van der Waals surface area contributed by atoms with Crippen molar-refractivity contribution in [1.29, 1.82) is 0 Å². The Labute approximate surface area is 122 Å². The number of rotatable bonds is 4. The number of hydrogen-bond donors (Lipinski definition) is 0. The molecule has 0 bridgehead atoms. The molecule has 1 heterocycles. The van der Waals surface area contributed by atoms with Gasteiger partial charge in [-0.05, 0) is 51.4 Å². The van der Waals surface area contributed by atoms with Gasteiger partial charge in [-0.2, -0.15) is 13.2 Å². The predicted molar refractivity (Wildman–Crippen MR) is 75.3 cm³/mol. The van der Waals surface area contributed by atoms with E-state index in [9.17, 15) is 18.0 Å². The van der Waals surface area contributed by atoms with Crippen LogP contribution in [-0.4, -0.2) is 29.3 Å². The fraction of sp³-hybridized carbons (Fsp3) is 0.562. The summed E-state index contributed by atoms with van der Waals surface area (Å²) in [7, 11) is 0. The Bertz CT molecular complexity index is 520. The summed E-state index contributed by atoms with van der Waals surface area (Å²) in [5, 5.41) is 0. The van der Waals surface area contributed by atoms with Crippen molar-refractivity contribution in [3.8, 4) is 0 Å². The molecule has 0 radical (unpaired) electrons. The number of halogens is 3. The first kappa shape index (κ1) is 16.0. The summed E-state index contributed by atoms with van der Waals surface area (Å²) < 4.78 is 38.4. The van der Waals surface area contributed by atoms with E-state index >= 15 is 0 Å².